The molecule has 0 radical (unpaired) electrons. The topological polar surface area (TPSA) is 27.3 Å². The van der Waals surface area contributed by atoms with Gasteiger partial charge in [0.1, 0.15) is 0 Å². The third-order valence-electron chi connectivity index (χ3n) is 3.84. The van der Waals surface area contributed by atoms with E-state index in [1.807, 2.05) is 7.05 Å². The van der Waals surface area contributed by atoms with E-state index in [4.69, 9.17) is 0 Å². The summed E-state index contributed by atoms with van der Waals surface area (Å²) in [4.78, 5) is 2.42. The first-order chi connectivity index (χ1) is 8.78. The molecule has 1 fully saturated rings. The minimum absolute atomic E-state index is 0.859. The van der Waals surface area contributed by atoms with E-state index < -0.39 is 0 Å². The molecule has 1 saturated heterocycles. The van der Waals surface area contributed by atoms with E-state index in [-0.39, 0.29) is 0 Å². The third kappa shape index (κ3) is 4.00. The Hall–Kier alpha value is -1.06. The number of hydrogen-bond acceptors (Lipinski definition) is 3. The van der Waals surface area contributed by atoms with E-state index in [0.717, 1.165) is 19.0 Å². The van der Waals surface area contributed by atoms with E-state index in [1.165, 1.54) is 37.2 Å². The number of rotatable bonds is 5. The second-order valence-electron chi connectivity index (χ2n) is 5.32. The Morgan fingerprint density at radius 1 is 1.17 bits per heavy atom. The highest BCUT2D eigenvalue weighted by molar-refractivity contribution is 5.43. The van der Waals surface area contributed by atoms with Crippen LogP contribution in [0.2, 0.25) is 0 Å². The lowest BCUT2D eigenvalue weighted by Gasteiger charge is -2.29. The normalized spacial score (nSPS) is 17.9. The highest BCUT2D eigenvalue weighted by Crippen LogP contribution is 2.15. The zero-order chi connectivity index (χ0) is 12.8. The SMILES string of the molecule is CNc1ccc(CNCC2CCN(C)CC2)cc1. The van der Waals surface area contributed by atoms with Crippen molar-refractivity contribution in [1.29, 1.82) is 0 Å². The molecule has 100 valence electrons. The summed E-state index contributed by atoms with van der Waals surface area (Å²) in [5, 5.41) is 6.73. The van der Waals surface area contributed by atoms with Crippen molar-refractivity contribution in [3.8, 4) is 0 Å². The van der Waals surface area contributed by atoms with Gasteiger partial charge in [-0.25, -0.2) is 0 Å². The maximum atomic E-state index is 3.58. The molecule has 0 aliphatic carbocycles. The Morgan fingerprint density at radius 2 is 1.83 bits per heavy atom. The summed E-state index contributed by atoms with van der Waals surface area (Å²) in [5.41, 5.74) is 2.54. The highest BCUT2D eigenvalue weighted by atomic mass is 15.1. The summed E-state index contributed by atoms with van der Waals surface area (Å²) >= 11 is 0. The number of likely N-dealkylation sites (tertiary alicyclic amines) is 1. The lowest BCUT2D eigenvalue weighted by atomic mass is 9.97. The Kier molecular flexibility index (Phi) is 5.02. The van der Waals surface area contributed by atoms with Crippen LogP contribution in [-0.2, 0) is 6.54 Å². The minimum atomic E-state index is 0.859. The van der Waals surface area contributed by atoms with Crippen molar-refractivity contribution in [3.05, 3.63) is 29.8 Å². The molecule has 1 heterocycles. The van der Waals surface area contributed by atoms with Crippen molar-refractivity contribution in [2.24, 2.45) is 5.92 Å². The van der Waals surface area contributed by atoms with Crippen molar-refractivity contribution in [3.63, 3.8) is 0 Å². The number of nitrogens with one attached hydrogen (secondary N) is 2. The van der Waals surface area contributed by atoms with Gasteiger partial charge in [0.25, 0.3) is 0 Å². The smallest absolute Gasteiger partial charge is 0.0337 e. The molecular weight excluding hydrogens is 222 g/mol. The highest BCUT2D eigenvalue weighted by Gasteiger charge is 2.15. The molecule has 2 N–H and O–H groups in total. The first kappa shape index (κ1) is 13.4. The molecule has 0 aromatic heterocycles. The Labute approximate surface area is 111 Å². The number of anilines is 1. The number of piperidine rings is 1. The summed E-state index contributed by atoms with van der Waals surface area (Å²) in [6.45, 7) is 4.64. The molecule has 0 spiro atoms. The Balaban J connectivity index is 1.68. The molecule has 2 rings (SSSR count). The zero-order valence-electron chi connectivity index (χ0n) is 11.6. The van der Waals surface area contributed by atoms with Gasteiger partial charge in [0.2, 0.25) is 0 Å². The molecule has 3 nitrogen and oxygen atoms in total. The predicted octanol–water partition coefficient (Wildman–Crippen LogP) is 2.16. The van der Waals surface area contributed by atoms with Crippen molar-refractivity contribution in [2.75, 3.05) is 39.0 Å². The van der Waals surface area contributed by atoms with Gasteiger partial charge in [0.05, 0.1) is 0 Å². The van der Waals surface area contributed by atoms with Gasteiger partial charge in [-0.3, -0.25) is 0 Å². The largest absolute Gasteiger partial charge is 0.388 e. The molecule has 1 aromatic carbocycles. The quantitative estimate of drug-likeness (QED) is 0.835. The van der Waals surface area contributed by atoms with E-state index in [9.17, 15) is 0 Å². The van der Waals surface area contributed by atoms with E-state index in [2.05, 4.69) is 46.8 Å². The average Bonchev–Trinajstić information content (AvgIpc) is 2.42. The summed E-state index contributed by atoms with van der Waals surface area (Å²) in [5.74, 6) is 0.859. The van der Waals surface area contributed by atoms with Crippen LogP contribution in [0.15, 0.2) is 24.3 Å². The lowest BCUT2D eigenvalue weighted by molar-refractivity contribution is 0.216. The first-order valence-corrected chi connectivity index (χ1v) is 6.94. The molecular formula is C15H25N3. The van der Waals surface area contributed by atoms with Gasteiger partial charge in [0.15, 0.2) is 0 Å². The molecule has 0 atom stereocenters. The van der Waals surface area contributed by atoms with Crippen molar-refractivity contribution in [2.45, 2.75) is 19.4 Å². The number of hydrogen-bond donors (Lipinski definition) is 2. The Morgan fingerprint density at radius 3 is 2.44 bits per heavy atom. The standard InChI is InChI=1S/C15H25N3/c1-16-15-5-3-13(4-6-15)11-17-12-14-7-9-18(2)10-8-14/h3-6,14,16-17H,7-12H2,1-2H3. The van der Waals surface area contributed by atoms with Gasteiger partial charge in [-0.2, -0.15) is 0 Å². The molecule has 18 heavy (non-hydrogen) atoms. The monoisotopic (exact) mass is 247 g/mol. The van der Waals surface area contributed by atoms with Crippen LogP contribution in [0.4, 0.5) is 5.69 Å². The number of nitrogens with zero attached hydrogens (tertiary/aromatic N) is 1. The molecule has 0 bridgehead atoms. The average molecular weight is 247 g/mol. The maximum Gasteiger partial charge on any atom is 0.0337 e. The van der Waals surface area contributed by atoms with Crippen LogP contribution in [0.25, 0.3) is 0 Å². The molecule has 0 unspecified atom stereocenters. The maximum absolute atomic E-state index is 3.58. The lowest BCUT2D eigenvalue weighted by Crippen LogP contribution is -2.34. The fourth-order valence-electron chi connectivity index (χ4n) is 2.48. The first-order valence-electron chi connectivity index (χ1n) is 6.94. The molecule has 1 aliphatic rings. The van der Waals surface area contributed by atoms with E-state index >= 15 is 0 Å². The summed E-state index contributed by atoms with van der Waals surface area (Å²) < 4.78 is 0. The van der Waals surface area contributed by atoms with Crippen LogP contribution in [-0.4, -0.2) is 38.6 Å². The minimum Gasteiger partial charge on any atom is -0.388 e. The van der Waals surface area contributed by atoms with Crippen molar-refractivity contribution in [1.82, 2.24) is 10.2 Å². The van der Waals surface area contributed by atoms with Crippen molar-refractivity contribution < 1.29 is 0 Å². The summed E-state index contributed by atoms with van der Waals surface area (Å²) in [6, 6.07) is 8.64. The van der Waals surface area contributed by atoms with Gasteiger partial charge in [-0.05, 0) is 63.1 Å². The van der Waals surface area contributed by atoms with Crippen LogP contribution in [0.5, 0.6) is 0 Å². The molecule has 0 amide bonds. The fourth-order valence-corrected chi connectivity index (χ4v) is 2.48. The van der Waals surface area contributed by atoms with Gasteiger partial charge < -0.3 is 15.5 Å². The van der Waals surface area contributed by atoms with Gasteiger partial charge in [-0.1, -0.05) is 12.1 Å². The van der Waals surface area contributed by atoms with Gasteiger partial charge >= 0.3 is 0 Å². The molecule has 3 heteroatoms. The van der Waals surface area contributed by atoms with Crippen LogP contribution >= 0.6 is 0 Å². The van der Waals surface area contributed by atoms with Crippen LogP contribution < -0.4 is 10.6 Å². The van der Waals surface area contributed by atoms with E-state index in [0.29, 0.717) is 0 Å². The van der Waals surface area contributed by atoms with Crippen LogP contribution in [0.1, 0.15) is 18.4 Å². The van der Waals surface area contributed by atoms with Gasteiger partial charge in [-0.15, -0.1) is 0 Å². The molecule has 0 saturated carbocycles. The van der Waals surface area contributed by atoms with Crippen molar-refractivity contribution >= 4 is 5.69 Å². The van der Waals surface area contributed by atoms with Crippen LogP contribution in [0, 0.1) is 5.92 Å². The zero-order valence-corrected chi connectivity index (χ0v) is 11.6. The second-order valence-corrected chi connectivity index (χ2v) is 5.32. The molecule has 1 aliphatic heterocycles. The third-order valence-corrected chi connectivity index (χ3v) is 3.84. The number of benzene rings is 1. The summed E-state index contributed by atoms with van der Waals surface area (Å²) in [7, 11) is 4.17. The van der Waals surface area contributed by atoms with Crippen LogP contribution in [0.3, 0.4) is 0 Å². The Bertz CT molecular complexity index is 339. The summed E-state index contributed by atoms with van der Waals surface area (Å²) in [6.07, 6.45) is 2.67. The molecule has 1 aromatic rings. The second kappa shape index (κ2) is 6.76. The predicted molar refractivity (Wildman–Crippen MR) is 77.9 cm³/mol. The fraction of sp³-hybridized carbons (Fsp3) is 0.600. The van der Waals surface area contributed by atoms with Gasteiger partial charge in [0, 0.05) is 19.3 Å². The van der Waals surface area contributed by atoms with E-state index in [1.54, 1.807) is 0 Å².